The van der Waals surface area contributed by atoms with Crippen LogP contribution in [0.1, 0.15) is 74.1 Å². The maximum Gasteiger partial charge on any atom is 0.0700 e. The first kappa shape index (κ1) is 17.0. The van der Waals surface area contributed by atoms with Gasteiger partial charge >= 0.3 is 0 Å². The average molecular weight is 269 g/mol. The topological polar surface area (TPSA) is 35.2 Å². The Kier molecular flexibility index (Phi) is 5.12. The SMILES string of the molecule is CCCC1(C)CC(C)(C(C)(C)N)C1OCC(C)CC. The van der Waals surface area contributed by atoms with E-state index in [-0.39, 0.29) is 11.0 Å². The van der Waals surface area contributed by atoms with Crippen molar-refractivity contribution in [3.8, 4) is 0 Å². The predicted molar refractivity (Wildman–Crippen MR) is 83.2 cm³/mol. The lowest BCUT2D eigenvalue weighted by atomic mass is 9.45. The maximum absolute atomic E-state index is 6.44. The van der Waals surface area contributed by atoms with Crippen LogP contribution in [-0.2, 0) is 4.74 Å². The fourth-order valence-corrected chi connectivity index (χ4v) is 3.78. The summed E-state index contributed by atoms with van der Waals surface area (Å²) in [7, 11) is 0. The van der Waals surface area contributed by atoms with Gasteiger partial charge in [-0.3, -0.25) is 0 Å². The first-order chi connectivity index (χ1) is 8.60. The van der Waals surface area contributed by atoms with Crippen molar-refractivity contribution in [2.45, 2.75) is 85.8 Å². The van der Waals surface area contributed by atoms with Crippen molar-refractivity contribution >= 4 is 0 Å². The van der Waals surface area contributed by atoms with Crippen molar-refractivity contribution < 1.29 is 4.74 Å². The van der Waals surface area contributed by atoms with Gasteiger partial charge in [-0.25, -0.2) is 0 Å². The minimum atomic E-state index is -0.180. The van der Waals surface area contributed by atoms with Crippen molar-refractivity contribution in [1.29, 1.82) is 0 Å². The van der Waals surface area contributed by atoms with Gasteiger partial charge < -0.3 is 10.5 Å². The highest BCUT2D eigenvalue weighted by Crippen LogP contribution is 2.62. The largest absolute Gasteiger partial charge is 0.377 e. The Morgan fingerprint density at radius 1 is 1.32 bits per heavy atom. The molecule has 2 heteroatoms. The Morgan fingerprint density at radius 3 is 2.32 bits per heavy atom. The molecule has 0 spiro atoms. The molecule has 0 aliphatic heterocycles. The van der Waals surface area contributed by atoms with E-state index in [1.807, 2.05) is 0 Å². The van der Waals surface area contributed by atoms with Crippen LogP contribution in [0.15, 0.2) is 0 Å². The molecule has 0 amide bonds. The summed E-state index contributed by atoms with van der Waals surface area (Å²) in [4.78, 5) is 0. The molecule has 4 atom stereocenters. The maximum atomic E-state index is 6.44. The molecule has 1 aliphatic carbocycles. The zero-order valence-corrected chi connectivity index (χ0v) is 14.2. The van der Waals surface area contributed by atoms with E-state index in [9.17, 15) is 0 Å². The Bertz CT molecular complexity index is 296. The molecular formula is C17H35NO. The van der Waals surface area contributed by atoms with E-state index in [4.69, 9.17) is 10.5 Å². The van der Waals surface area contributed by atoms with Crippen LogP contribution in [0, 0.1) is 16.7 Å². The molecule has 1 fully saturated rings. The fraction of sp³-hybridized carbons (Fsp3) is 1.00. The highest BCUT2D eigenvalue weighted by Gasteiger charge is 2.63. The molecule has 0 heterocycles. The Balaban J connectivity index is 2.81. The molecule has 0 aromatic carbocycles. The molecule has 0 aromatic heterocycles. The smallest absolute Gasteiger partial charge is 0.0700 e. The second-order valence-electron chi connectivity index (χ2n) is 7.95. The predicted octanol–water partition coefficient (Wildman–Crippen LogP) is 4.37. The number of hydrogen-bond donors (Lipinski definition) is 1. The molecule has 114 valence electrons. The summed E-state index contributed by atoms with van der Waals surface area (Å²) in [5.74, 6) is 0.636. The number of rotatable bonds is 7. The van der Waals surface area contributed by atoms with Gasteiger partial charge in [-0.15, -0.1) is 0 Å². The lowest BCUT2D eigenvalue weighted by molar-refractivity contribution is -0.229. The van der Waals surface area contributed by atoms with E-state index >= 15 is 0 Å². The Morgan fingerprint density at radius 2 is 1.89 bits per heavy atom. The summed E-state index contributed by atoms with van der Waals surface area (Å²) in [5.41, 5.74) is 6.68. The molecule has 0 bridgehead atoms. The minimum Gasteiger partial charge on any atom is -0.377 e. The minimum absolute atomic E-state index is 0.102. The lowest BCUT2D eigenvalue weighted by Crippen LogP contribution is -2.70. The van der Waals surface area contributed by atoms with Crippen LogP contribution >= 0.6 is 0 Å². The highest BCUT2D eigenvalue weighted by molar-refractivity contribution is 5.15. The van der Waals surface area contributed by atoms with Gasteiger partial charge in [0.2, 0.25) is 0 Å². The summed E-state index contributed by atoms with van der Waals surface area (Å²) in [6.45, 7) is 16.6. The zero-order chi connectivity index (χ0) is 14.9. The third-order valence-corrected chi connectivity index (χ3v) is 5.52. The van der Waals surface area contributed by atoms with Crippen LogP contribution in [0.2, 0.25) is 0 Å². The monoisotopic (exact) mass is 269 g/mol. The fourth-order valence-electron chi connectivity index (χ4n) is 3.78. The molecule has 0 saturated heterocycles. The summed E-state index contributed by atoms with van der Waals surface area (Å²) in [6.07, 6.45) is 5.13. The summed E-state index contributed by atoms with van der Waals surface area (Å²) in [5, 5.41) is 0. The van der Waals surface area contributed by atoms with Crippen LogP contribution < -0.4 is 5.73 Å². The lowest BCUT2D eigenvalue weighted by Gasteiger charge is -2.65. The number of hydrogen-bond acceptors (Lipinski definition) is 2. The Labute approximate surface area is 120 Å². The van der Waals surface area contributed by atoms with Gasteiger partial charge in [0.25, 0.3) is 0 Å². The molecule has 0 radical (unpaired) electrons. The molecule has 4 unspecified atom stereocenters. The summed E-state index contributed by atoms with van der Waals surface area (Å²) >= 11 is 0. The van der Waals surface area contributed by atoms with Crippen LogP contribution in [0.4, 0.5) is 0 Å². The van der Waals surface area contributed by atoms with Gasteiger partial charge in [-0.05, 0) is 38.0 Å². The van der Waals surface area contributed by atoms with Gasteiger partial charge in [-0.2, -0.15) is 0 Å². The van der Waals surface area contributed by atoms with Crippen molar-refractivity contribution in [2.75, 3.05) is 6.61 Å². The normalized spacial score (nSPS) is 36.9. The average Bonchev–Trinajstić information content (AvgIpc) is 2.26. The molecule has 1 rings (SSSR count). The third-order valence-electron chi connectivity index (χ3n) is 5.52. The summed E-state index contributed by atoms with van der Waals surface area (Å²) in [6, 6.07) is 0. The zero-order valence-electron chi connectivity index (χ0n) is 14.2. The van der Waals surface area contributed by atoms with Crippen LogP contribution in [0.5, 0.6) is 0 Å². The first-order valence-electron chi connectivity index (χ1n) is 8.01. The van der Waals surface area contributed by atoms with Gasteiger partial charge in [0.05, 0.1) is 6.10 Å². The highest BCUT2D eigenvalue weighted by atomic mass is 16.5. The third kappa shape index (κ3) is 3.16. The van der Waals surface area contributed by atoms with Crippen molar-refractivity contribution in [3.63, 3.8) is 0 Å². The molecule has 2 nitrogen and oxygen atoms in total. The van der Waals surface area contributed by atoms with Gasteiger partial charge in [0, 0.05) is 17.6 Å². The molecule has 19 heavy (non-hydrogen) atoms. The molecular weight excluding hydrogens is 234 g/mol. The van der Waals surface area contributed by atoms with Gasteiger partial charge in [0.15, 0.2) is 0 Å². The van der Waals surface area contributed by atoms with E-state index < -0.39 is 0 Å². The van der Waals surface area contributed by atoms with E-state index in [2.05, 4.69) is 48.5 Å². The van der Waals surface area contributed by atoms with Crippen molar-refractivity contribution in [3.05, 3.63) is 0 Å². The summed E-state index contributed by atoms with van der Waals surface area (Å²) < 4.78 is 6.36. The van der Waals surface area contributed by atoms with E-state index in [1.165, 1.54) is 25.7 Å². The number of ether oxygens (including phenoxy) is 1. The van der Waals surface area contributed by atoms with Crippen LogP contribution in [0.3, 0.4) is 0 Å². The second-order valence-corrected chi connectivity index (χ2v) is 7.95. The van der Waals surface area contributed by atoms with E-state index in [1.54, 1.807) is 0 Å². The standard InChI is InChI=1S/C17H35NO/c1-8-10-16(6)12-17(7,15(4,5)18)14(16)19-11-13(3)9-2/h13-14H,8-12,18H2,1-7H3. The van der Waals surface area contributed by atoms with Crippen molar-refractivity contribution in [1.82, 2.24) is 0 Å². The molecule has 1 aliphatic rings. The van der Waals surface area contributed by atoms with Crippen LogP contribution in [-0.4, -0.2) is 18.2 Å². The second kappa shape index (κ2) is 5.73. The molecule has 1 saturated carbocycles. The van der Waals surface area contributed by atoms with E-state index in [0.29, 0.717) is 17.4 Å². The van der Waals surface area contributed by atoms with Gasteiger partial charge in [-0.1, -0.05) is 47.5 Å². The molecule has 0 aromatic rings. The van der Waals surface area contributed by atoms with Crippen molar-refractivity contribution in [2.24, 2.45) is 22.5 Å². The molecule has 2 N–H and O–H groups in total. The van der Waals surface area contributed by atoms with Crippen LogP contribution in [0.25, 0.3) is 0 Å². The van der Waals surface area contributed by atoms with Gasteiger partial charge in [0.1, 0.15) is 0 Å². The Hall–Kier alpha value is -0.0800. The quantitative estimate of drug-likeness (QED) is 0.745. The number of nitrogens with two attached hydrogens (primary N) is 1. The van der Waals surface area contributed by atoms with E-state index in [0.717, 1.165) is 6.61 Å². The first-order valence-corrected chi connectivity index (χ1v) is 8.01.